The largest absolute Gasteiger partial charge is 0.389 e. The van der Waals surface area contributed by atoms with Gasteiger partial charge >= 0.3 is 0 Å². The van der Waals surface area contributed by atoms with Crippen molar-refractivity contribution >= 4 is 0 Å². The summed E-state index contributed by atoms with van der Waals surface area (Å²) in [4.78, 5) is 0. The van der Waals surface area contributed by atoms with E-state index in [4.69, 9.17) is 0 Å². The number of aliphatic hydroxyl groups excluding tert-OH is 1. The molecule has 0 saturated carbocycles. The van der Waals surface area contributed by atoms with Gasteiger partial charge in [0.05, 0.1) is 6.10 Å². The Labute approximate surface area is 76.5 Å². The average Bonchev–Trinajstić information content (AvgIpc) is 2.09. The van der Waals surface area contributed by atoms with Gasteiger partial charge in [-0.25, -0.2) is 0 Å². The van der Waals surface area contributed by atoms with Gasteiger partial charge in [-0.15, -0.1) is 0 Å². The number of unbranched alkanes of at least 4 members (excludes halogenated alkanes) is 3. The SMILES string of the molecule is CCCC/C=C\C(O)CCCC. The lowest BCUT2D eigenvalue weighted by Gasteiger charge is -2.02. The summed E-state index contributed by atoms with van der Waals surface area (Å²) in [6.07, 6.45) is 10.6. The molecule has 1 unspecified atom stereocenters. The summed E-state index contributed by atoms with van der Waals surface area (Å²) in [5, 5.41) is 9.39. The van der Waals surface area contributed by atoms with Crippen molar-refractivity contribution in [3.63, 3.8) is 0 Å². The molecule has 0 saturated heterocycles. The first-order valence-corrected chi connectivity index (χ1v) is 5.16. The molecule has 0 heterocycles. The highest BCUT2D eigenvalue weighted by molar-refractivity contribution is 4.88. The summed E-state index contributed by atoms with van der Waals surface area (Å²) in [6.45, 7) is 4.33. The van der Waals surface area contributed by atoms with Crippen molar-refractivity contribution in [2.45, 2.75) is 58.5 Å². The maximum atomic E-state index is 9.39. The van der Waals surface area contributed by atoms with E-state index in [-0.39, 0.29) is 6.10 Å². The molecule has 1 N–H and O–H groups in total. The molecule has 0 rings (SSSR count). The second-order valence-electron chi connectivity index (χ2n) is 3.28. The Morgan fingerprint density at radius 3 is 2.42 bits per heavy atom. The van der Waals surface area contributed by atoms with Crippen LogP contribution >= 0.6 is 0 Å². The van der Waals surface area contributed by atoms with Crippen LogP contribution in [0.25, 0.3) is 0 Å². The quantitative estimate of drug-likeness (QED) is 0.459. The average molecular weight is 170 g/mol. The van der Waals surface area contributed by atoms with Crippen molar-refractivity contribution < 1.29 is 5.11 Å². The molecular formula is C11H22O. The molecular weight excluding hydrogens is 148 g/mol. The van der Waals surface area contributed by atoms with Gasteiger partial charge in [0.1, 0.15) is 0 Å². The summed E-state index contributed by atoms with van der Waals surface area (Å²) in [7, 11) is 0. The van der Waals surface area contributed by atoms with Crippen molar-refractivity contribution in [2.75, 3.05) is 0 Å². The molecule has 0 aliphatic heterocycles. The van der Waals surface area contributed by atoms with Gasteiger partial charge < -0.3 is 5.11 Å². The fraction of sp³-hybridized carbons (Fsp3) is 0.818. The Kier molecular flexibility index (Phi) is 8.57. The molecule has 0 bridgehead atoms. The molecule has 1 nitrogen and oxygen atoms in total. The van der Waals surface area contributed by atoms with Crippen LogP contribution < -0.4 is 0 Å². The monoisotopic (exact) mass is 170 g/mol. The lowest BCUT2D eigenvalue weighted by atomic mass is 10.1. The van der Waals surface area contributed by atoms with E-state index in [1.807, 2.05) is 6.08 Å². The standard InChI is InChI=1S/C11H22O/c1-3-5-7-8-10-11(12)9-6-4-2/h8,10-12H,3-7,9H2,1-2H3/b10-8-. The van der Waals surface area contributed by atoms with Crippen molar-refractivity contribution in [3.05, 3.63) is 12.2 Å². The predicted molar refractivity (Wildman–Crippen MR) is 54.2 cm³/mol. The van der Waals surface area contributed by atoms with Crippen LogP contribution in [0, 0.1) is 0 Å². The van der Waals surface area contributed by atoms with Gasteiger partial charge in [-0.1, -0.05) is 51.7 Å². The third-order valence-electron chi connectivity index (χ3n) is 1.94. The summed E-state index contributed by atoms with van der Waals surface area (Å²) < 4.78 is 0. The van der Waals surface area contributed by atoms with Gasteiger partial charge in [-0.3, -0.25) is 0 Å². The zero-order valence-corrected chi connectivity index (χ0v) is 8.42. The predicted octanol–water partition coefficient (Wildman–Crippen LogP) is 3.28. The Balaban J connectivity index is 3.27. The Morgan fingerprint density at radius 2 is 1.83 bits per heavy atom. The molecule has 0 amide bonds. The van der Waals surface area contributed by atoms with E-state index in [0.29, 0.717) is 0 Å². The first kappa shape index (κ1) is 11.7. The molecule has 0 radical (unpaired) electrons. The topological polar surface area (TPSA) is 20.2 Å². The lowest BCUT2D eigenvalue weighted by molar-refractivity contribution is 0.209. The second kappa shape index (κ2) is 8.79. The zero-order valence-electron chi connectivity index (χ0n) is 8.42. The summed E-state index contributed by atoms with van der Waals surface area (Å²) in [6, 6.07) is 0. The van der Waals surface area contributed by atoms with Gasteiger partial charge in [-0.05, 0) is 12.8 Å². The summed E-state index contributed by atoms with van der Waals surface area (Å²) in [5.41, 5.74) is 0. The van der Waals surface area contributed by atoms with Gasteiger partial charge in [0.25, 0.3) is 0 Å². The minimum absolute atomic E-state index is 0.207. The van der Waals surface area contributed by atoms with Crippen LogP contribution in [0.2, 0.25) is 0 Å². The molecule has 72 valence electrons. The zero-order chi connectivity index (χ0) is 9.23. The van der Waals surface area contributed by atoms with Gasteiger partial charge in [0.2, 0.25) is 0 Å². The van der Waals surface area contributed by atoms with Crippen molar-refractivity contribution in [3.8, 4) is 0 Å². The van der Waals surface area contributed by atoms with E-state index in [1.54, 1.807) is 0 Å². The van der Waals surface area contributed by atoms with E-state index in [9.17, 15) is 5.11 Å². The fourth-order valence-corrected chi connectivity index (χ4v) is 1.08. The Bertz CT molecular complexity index is 108. The summed E-state index contributed by atoms with van der Waals surface area (Å²) in [5.74, 6) is 0. The van der Waals surface area contributed by atoms with E-state index < -0.39 is 0 Å². The number of allylic oxidation sites excluding steroid dienone is 1. The molecule has 12 heavy (non-hydrogen) atoms. The van der Waals surface area contributed by atoms with Crippen LogP contribution in [-0.2, 0) is 0 Å². The fourth-order valence-electron chi connectivity index (χ4n) is 1.08. The molecule has 0 aromatic rings. The minimum atomic E-state index is -0.207. The molecule has 0 aliphatic carbocycles. The molecule has 1 heteroatoms. The second-order valence-corrected chi connectivity index (χ2v) is 3.28. The molecule has 0 aromatic carbocycles. The molecule has 0 aromatic heterocycles. The molecule has 0 spiro atoms. The van der Waals surface area contributed by atoms with Crippen LogP contribution in [0.15, 0.2) is 12.2 Å². The van der Waals surface area contributed by atoms with Crippen molar-refractivity contribution in [1.82, 2.24) is 0 Å². The first-order chi connectivity index (χ1) is 5.81. The molecule has 0 fully saturated rings. The number of hydrogen-bond donors (Lipinski definition) is 1. The van der Waals surface area contributed by atoms with Crippen LogP contribution in [-0.4, -0.2) is 11.2 Å². The minimum Gasteiger partial charge on any atom is -0.389 e. The highest BCUT2D eigenvalue weighted by Crippen LogP contribution is 2.03. The maximum absolute atomic E-state index is 9.39. The smallest absolute Gasteiger partial charge is 0.0720 e. The summed E-state index contributed by atoms with van der Waals surface area (Å²) >= 11 is 0. The first-order valence-electron chi connectivity index (χ1n) is 5.16. The van der Waals surface area contributed by atoms with E-state index >= 15 is 0 Å². The maximum Gasteiger partial charge on any atom is 0.0720 e. The third-order valence-corrected chi connectivity index (χ3v) is 1.94. The number of aliphatic hydroxyl groups is 1. The normalized spacial score (nSPS) is 13.9. The Hall–Kier alpha value is -0.300. The van der Waals surface area contributed by atoms with Crippen molar-refractivity contribution in [1.29, 1.82) is 0 Å². The number of rotatable bonds is 7. The van der Waals surface area contributed by atoms with E-state index in [2.05, 4.69) is 19.9 Å². The van der Waals surface area contributed by atoms with E-state index in [1.165, 1.54) is 19.3 Å². The lowest BCUT2D eigenvalue weighted by Crippen LogP contribution is -2.00. The molecule has 0 aliphatic rings. The third kappa shape index (κ3) is 7.80. The Morgan fingerprint density at radius 1 is 1.17 bits per heavy atom. The van der Waals surface area contributed by atoms with Gasteiger partial charge in [0, 0.05) is 0 Å². The van der Waals surface area contributed by atoms with Crippen LogP contribution in [0.1, 0.15) is 52.4 Å². The van der Waals surface area contributed by atoms with Crippen LogP contribution in [0.3, 0.4) is 0 Å². The highest BCUT2D eigenvalue weighted by Gasteiger charge is 1.95. The number of hydrogen-bond acceptors (Lipinski definition) is 1. The molecule has 1 atom stereocenters. The highest BCUT2D eigenvalue weighted by atomic mass is 16.3. The van der Waals surface area contributed by atoms with Gasteiger partial charge in [-0.2, -0.15) is 0 Å². The van der Waals surface area contributed by atoms with Gasteiger partial charge in [0.15, 0.2) is 0 Å². The van der Waals surface area contributed by atoms with Crippen LogP contribution in [0.4, 0.5) is 0 Å². The van der Waals surface area contributed by atoms with E-state index in [0.717, 1.165) is 19.3 Å². The van der Waals surface area contributed by atoms with Crippen LogP contribution in [0.5, 0.6) is 0 Å². The van der Waals surface area contributed by atoms with Crippen molar-refractivity contribution in [2.24, 2.45) is 0 Å².